The van der Waals surface area contributed by atoms with Gasteiger partial charge in [-0.1, -0.05) is 49.9 Å². The lowest BCUT2D eigenvalue weighted by atomic mass is 9.82. The van der Waals surface area contributed by atoms with Gasteiger partial charge in [0.25, 0.3) is 0 Å². The van der Waals surface area contributed by atoms with E-state index >= 15 is 0 Å². The van der Waals surface area contributed by atoms with Crippen molar-refractivity contribution in [3.8, 4) is 0 Å². The quantitative estimate of drug-likeness (QED) is 0.776. The predicted molar refractivity (Wildman–Crippen MR) is 80.8 cm³/mol. The van der Waals surface area contributed by atoms with E-state index in [2.05, 4.69) is 29.6 Å². The molecule has 3 aliphatic rings. The van der Waals surface area contributed by atoms with Gasteiger partial charge in [-0.05, 0) is 36.8 Å². The summed E-state index contributed by atoms with van der Waals surface area (Å²) >= 11 is 0. The summed E-state index contributed by atoms with van der Waals surface area (Å²) in [5, 5.41) is 3.83. The summed E-state index contributed by atoms with van der Waals surface area (Å²) in [6.45, 7) is 1.07. The van der Waals surface area contributed by atoms with E-state index in [1.165, 1.54) is 62.5 Å². The molecular formula is C18H25NO. The van der Waals surface area contributed by atoms with Crippen LogP contribution in [-0.4, -0.2) is 18.2 Å². The van der Waals surface area contributed by atoms with E-state index in [0.29, 0.717) is 6.04 Å². The first-order valence-corrected chi connectivity index (χ1v) is 8.35. The van der Waals surface area contributed by atoms with Crippen molar-refractivity contribution in [2.45, 2.75) is 69.1 Å². The molecule has 4 rings (SSSR count). The number of morpholine rings is 1. The first-order chi connectivity index (χ1) is 9.86. The van der Waals surface area contributed by atoms with Gasteiger partial charge in [-0.3, -0.25) is 0 Å². The Morgan fingerprint density at radius 2 is 1.85 bits per heavy atom. The molecule has 2 fully saturated rings. The first-order valence-electron chi connectivity index (χ1n) is 8.35. The van der Waals surface area contributed by atoms with Crippen LogP contribution in [0.4, 0.5) is 0 Å². The number of nitrogens with one attached hydrogen (secondary N) is 1. The first kappa shape index (κ1) is 12.8. The fourth-order valence-corrected chi connectivity index (χ4v) is 4.37. The second-order valence-electron chi connectivity index (χ2n) is 6.86. The Kier molecular flexibility index (Phi) is 3.31. The topological polar surface area (TPSA) is 21.3 Å². The molecule has 2 nitrogen and oxygen atoms in total. The highest BCUT2D eigenvalue weighted by atomic mass is 16.5. The van der Waals surface area contributed by atoms with Crippen LogP contribution in [-0.2, 0) is 11.2 Å². The molecule has 2 unspecified atom stereocenters. The van der Waals surface area contributed by atoms with E-state index in [1.807, 2.05) is 0 Å². The molecule has 2 atom stereocenters. The van der Waals surface area contributed by atoms with Gasteiger partial charge in [0, 0.05) is 12.6 Å². The third kappa shape index (κ3) is 2.19. The highest BCUT2D eigenvalue weighted by molar-refractivity contribution is 5.33. The Morgan fingerprint density at radius 3 is 2.70 bits per heavy atom. The lowest BCUT2D eigenvalue weighted by Crippen LogP contribution is -2.56. The molecule has 0 radical (unpaired) electrons. The minimum atomic E-state index is 0.113. The van der Waals surface area contributed by atoms with Crippen LogP contribution in [0.3, 0.4) is 0 Å². The molecule has 2 aliphatic carbocycles. The summed E-state index contributed by atoms with van der Waals surface area (Å²) in [7, 11) is 0. The molecule has 0 aromatic heterocycles. The largest absolute Gasteiger partial charge is 0.364 e. The molecule has 1 aromatic rings. The number of fused-ring (bicyclic) bond motifs is 3. The maximum atomic E-state index is 6.76. The molecule has 0 amide bonds. The third-order valence-electron chi connectivity index (χ3n) is 5.53. The average molecular weight is 271 g/mol. The van der Waals surface area contributed by atoms with Crippen molar-refractivity contribution < 1.29 is 4.74 Å². The maximum absolute atomic E-state index is 6.76. The molecule has 1 aromatic carbocycles. The van der Waals surface area contributed by atoms with E-state index in [1.54, 1.807) is 0 Å². The number of aryl methyl sites for hydroxylation is 1. The summed E-state index contributed by atoms with van der Waals surface area (Å²) in [6.07, 6.45) is 10.6. The van der Waals surface area contributed by atoms with Gasteiger partial charge < -0.3 is 10.1 Å². The fraction of sp³-hybridized carbons (Fsp3) is 0.667. The molecule has 108 valence electrons. The Hall–Kier alpha value is -0.860. The molecule has 1 aliphatic heterocycles. The number of hydrogen-bond donors (Lipinski definition) is 1. The maximum Gasteiger partial charge on any atom is 0.0988 e. The van der Waals surface area contributed by atoms with Gasteiger partial charge in [-0.15, -0.1) is 0 Å². The average Bonchev–Trinajstić information content (AvgIpc) is 2.73. The van der Waals surface area contributed by atoms with E-state index in [4.69, 9.17) is 4.74 Å². The van der Waals surface area contributed by atoms with Crippen molar-refractivity contribution in [2.24, 2.45) is 0 Å². The van der Waals surface area contributed by atoms with Gasteiger partial charge in [0.2, 0.25) is 0 Å². The van der Waals surface area contributed by atoms with Gasteiger partial charge in [0.1, 0.15) is 0 Å². The summed E-state index contributed by atoms with van der Waals surface area (Å²) < 4.78 is 6.76. The van der Waals surface area contributed by atoms with E-state index in [-0.39, 0.29) is 11.7 Å². The standard InChI is InChI=1S/C18H25NO/c1-2-6-12-18(11-5-1)13-19-16-10-9-14-7-3-4-8-15(14)17(16)20-18/h3-4,7-8,16-17,19H,1-2,5-6,9-13H2. The van der Waals surface area contributed by atoms with Gasteiger partial charge in [-0.25, -0.2) is 0 Å². The zero-order valence-corrected chi connectivity index (χ0v) is 12.2. The zero-order chi connectivity index (χ0) is 13.4. The van der Waals surface area contributed by atoms with Crippen LogP contribution in [0, 0.1) is 0 Å². The molecular weight excluding hydrogens is 246 g/mol. The molecule has 2 heteroatoms. The van der Waals surface area contributed by atoms with E-state index in [9.17, 15) is 0 Å². The number of hydrogen-bond acceptors (Lipinski definition) is 2. The van der Waals surface area contributed by atoms with Crippen molar-refractivity contribution in [2.75, 3.05) is 6.54 Å². The normalized spacial score (nSPS) is 32.2. The second-order valence-corrected chi connectivity index (χ2v) is 6.86. The smallest absolute Gasteiger partial charge is 0.0988 e. The monoisotopic (exact) mass is 271 g/mol. The molecule has 1 spiro atoms. The number of benzene rings is 1. The van der Waals surface area contributed by atoms with Crippen molar-refractivity contribution in [1.29, 1.82) is 0 Å². The number of ether oxygens (including phenoxy) is 1. The Labute approximate surface area is 121 Å². The Morgan fingerprint density at radius 1 is 1.05 bits per heavy atom. The predicted octanol–water partition coefficient (Wildman–Crippen LogP) is 3.76. The van der Waals surface area contributed by atoms with Crippen LogP contribution in [0.5, 0.6) is 0 Å². The van der Waals surface area contributed by atoms with Crippen LogP contribution in [0.25, 0.3) is 0 Å². The Bertz CT molecular complexity index is 476. The molecule has 20 heavy (non-hydrogen) atoms. The van der Waals surface area contributed by atoms with Crippen LogP contribution in [0.1, 0.15) is 62.2 Å². The van der Waals surface area contributed by atoms with Gasteiger partial charge in [0.15, 0.2) is 0 Å². The summed E-state index contributed by atoms with van der Waals surface area (Å²) in [4.78, 5) is 0. The minimum Gasteiger partial charge on any atom is -0.364 e. The van der Waals surface area contributed by atoms with E-state index < -0.39 is 0 Å². The zero-order valence-electron chi connectivity index (χ0n) is 12.2. The number of rotatable bonds is 0. The van der Waals surface area contributed by atoms with Crippen molar-refractivity contribution in [3.63, 3.8) is 0 Å². The van der Waals surface area contributed by atoms with Crippen molar-refractivity contribution in [1.82, 2.24) is 5.32 Å². The highest BCUT2D eigenvalue weighted by Gasteiger charge is 2.43. The Balaban J connectivity index is 1.63. The third-order valence-corrected chi connectivity index (χ3v) is 5.53. The minimum absolute atomic E-state index is 0.113. The molecule has 1 saturated carbocycles. The van der Waals surface area contributed by atoms with Crippen LogP contribution in [0.15, 0.2) is 24.3 Å². The van der Waals surface area contributed by atoms with Crippen LogP contribution >= 0.6 is 0 Å². The van der Waals surface area contributed by atoms with Gasteiger partial charge >= 0.3 is 0 Å². The van der Waals surface area contributed by atoms with Crippen LogP contribution < -0.4 is 5.32 Å². The van der Waals surface area contributed by atoms with Crippen LogP contribution in [0.2, 0.25) is 0 Å². The molecule has 1 N–H and O–H groups in total. The van der Waals surface area contributed by atoms with Gasteiger partial charge in [-0.2, -0.15) is 0 Å². The SMILES string of the molecule is c1ccc2c(c1)CCC1NCC3(CCCCCC3)OC21. The summed E-state index contributed by atoms with van der Waals surface area (Å²) in [5.74, 6) is 0. The molecule has 1 saturated heterocycles. The molecule has 0 bridgehead atoms. The lowest BCUT2D eigenvalue weighted by Gasteiger charge is -2.48. The summed E-state index contributed by atoms with van der Waals surface area (Å²) in [5.41, 5.74) is 3.06. The highest BCUT2D eigenvalue weighted by Crippen LogP contribution is 2.42. The van der Waals surface area contributed by atoms with Gasteiger partial charge in [0.05, 0.1) is 11.7 Å². The van der Waals surface area contributed by atoms with Crippen molar-refractivity contribution in [3.05, 3.63) is 35.4 Å². The molecule has 1 heterocycles. The fourth-order valence-electron chi connectivity index (χ4n) is 4.37. The lowest BCUT2D eigenvalue weighted by molar-refractivity contribution is -0.148. The van der Waals surface area contributed by atoms with E-state index in [0.717, 1.165) is 6.54 Å². The summed E-state index contributed by atoms with van der Waals surface area (Å²) in [6, 6.07) is 9.42. The second kappa shape index (κ2) is 5.16. The van der Waals surface area contributed by atoms with Crippen molar-refractivity contribution >= 4 is 0 Å².